The summed E-state index contributed by atoms with van der Waals surface area (Å²) in [5, 5.41) is 18.7. The van der Waals surface area contributed by atoms with Crippen LogP contribution in [0.3, 0.4) is 0 Å². The highest BCUT2D eigenvalue weighted by Gasteiger charge is 2.39. The number of aliphatic carboxylic acids is 1. The summed E-state index contributed by atoms with van der Waals surface area (Å²) in [7, 11) is 3.09. The van der Waals surface area contributed by atoms with Gasteiger partial charge in [-0.3, -0.25) is 9.69 Å². The van der Waals surface area contributed by atoms with Gasteiger partial charge < -0.3 is 19.4 Å². The Hall–Kier alpha value is -3.33. The number of ether oxygens (including phenoxy) is 2. The van der Waals surface area contributed by atoms with Crippen molar-refractivity contribution in [2.75, 3.05) is 19.1 Å². The van der Waals surface area contributed by atoms with Crippen LogP contribution in [0, 0.1) is 0 Å². The molecule has 1 heterocycles. The van der Waals surface area contributed by atoms with Crippen molar-refractivity contribution in [3.8, 4) is 11.5 Å². The third kappa shape index (κ3) is 4.75. The van der Waals surface area contributed by atoms with Crippen LogP contribution in [0.25, 0.3) is 0 Å². The topological polar surface area (TPSA) is 104 Å². The van der Waals surface area contributed by atoms with E-state index in [-0.39, 0.29) is 11.1 Å². The van der Waals surface area contributed by atoms with E-state index in [1.54, 1.807) is 49.6 Å². The Balaban J connectivity index is 1.90. The minimum absolute atomic E-state index is 0.288. The molecule has 1 saturated heterocycles. The first kappa shape index (κ1) is 20.4. The molecule has 9 heteroatoms. The Morgan fingerprint density at radius 1 is 1.21 bits per heavy atom. The largest absolute Gasteiger partial charge is 0.550 e. The van der Waals surface area contributed by atoms with E-state index in [1.807, 2.05) is 6.07 Å². The summed E-state index contributed by atoms with van der Waals surface area (Å²) in [6, 6.07) is 14.1. The summed E-state index contributed by atoms with van der Waals surface area (Å²) in [5.74, 6) is -0.473. The van der Waals surface area contributed by atoms with Crippen LogP contribution in [0.2, 0.25) is 0 Å². The lowest BCUT2D eigenvalue weighted by Crippen LogP contribution is -2.35. The smallest absolute Gasteiger partial charge is 0.247 e. The van der Waals surface area contributed by atoms with Crippen LogP contribution < -0.4 is 19.5 Å². The minimum atomic E-state index is -1.29. The highest BCUT2D eigenvalue weighted by Crippen LogP contribution is 2.33. The molecule has 0 radical (unpaired) electrons. The van der Waals surface area contributed by atoms with Gasteiger partial charge in [-0.15, -0.1) is 5.10 Å². The molecule has 150 valence electrons. The predicted octanol–water partition coefficient (Wildman–Crippen LogP) is 1.68. The van der Waals surface area contributed by atoms with E-state index in [0.29, 0.717) is 22.7 Å². The molecule has 29 heavy (non-hydrogen) atoms. The standard InChI is InChI=1S/C20H19N3O5S/c1-27-15-9-8-13(16(10-15)28-2)12-21-22-20-23(14-6-4-3-5-7-14)19(26)17(29-20)11-18(24)25/h3-10,12,17H,11H2,1-2H3,(H,24,25)/p-1/b21-12-,22-20+/t17-/m0/s1. The number of rotatable bonds is 7. The van der Waals surface area contributed by atoms with Crippen LogP contribution in [0.15, 0.2) is 58.7 Å². The SMILES string of the molecule is COc1ccc(/C=N\N=C2\S[C@@H](CC(=O)[O-])C(=O)N2c2ccccc2)c(OC)c1. The van der Waals surface area contributed by atoms with Crippen LogP contribution in [-0.2, 0) is 9.59 Å². The number of amidine groups is 1. The summed E-state index contributed by atoms with van der Waals surface area (Å²) in [6.45, 7) is 0. The van der Waals surface area contributed by atoms with Gasteiger partial charge in [-0.1, -0.05) is 30.0 Å². The summed E-state index contributed by atoms with van der Waals surface area (Å²) >= 11 is 1.04. The summed E-state index contributed by atoms with van der Waals surface area (Å²) < 4.78 is 10.5. The zero-order chi connectivity index (χ0) is 20.8. The van der Waals surface area contributed by atoms with Gasteiger partial charge in [0.15, 0.2) is 5.17 Å². The number of carboxylic acid groups (broad SMARTS) is 1. The average molecular weight is 412 g/mol. The first-order valence-corrected chi connectivity index (χ1v) is 9.50. The molecule has 0 aliphatic carbocycles. The second kappa shape index (κ2) is 9.24. The number of carbonyl (C=O) groups excluding carboxylic acids is 2. The van der Waals surface area contributed by atoms with E-state index in [4.69, 9.17) is 9.47 Å². The number of para-hydroxylation sites is 1. The first-order valence-electron chi connectivity index (χ1n) is 8.62. The van der Waals surface area contributed by atoms with Crippen LogP contribution in [-0.4, -0.2) is 42.7 Å². The van der Waals surface area contributed by atoms with Gasteiger partial charge in [0.25, 0.3) is 0 Å². The Labute approximate surface area is 171 Å². The van der Waals surface area contributed by atoms with Crippen molar-refractivity contribution in [1.82, 2.24) is 0 Å². The van der Waals surface area contributed by atoms with Crippen LogP contribution in [0.5, 0.6) is 11.5 Å². The van der Waals surface area contributed by atoms with E-state index < -0.39 is 17.6 Å². The van der Waals surface area contributed by atoms with Crippen molar-refractivity contribution in [3.05, 3.63) is 54.1 Å². The quantitative estimate of drug-likeness (QED) is 0.506. The molecule has 0 N–H and O–H groups in total. The molecule has 1 atom stereocenters. The maximum absolute atomic E-state index is 12.7. The lowest BCUT2D eigenvalue weighted by atomic mass is 10.2. The molecule has 1 aliphatic rings. The van der Waals surface area contributed by atoms with Gasteiger partial charge in [-0.05, 0) is 24.3 Å². The van der Waals surface area contributed by atoms with Crippen molar-refractivity contribution in [2.45, 2.75) is 11.7 Å². The van der Waals surface area contributed by atoms with E-state index in [1.165, 1.54) is 18.2 Å². The van der Waals surface area contributed by atoms with E-state index in [9.17, 15) is 14.7 Å². The molecule has 1 amide bonds. The van der Waals surface area contributed by atoms with Gasteiger partial charge in [0, 0.05) is 24.0 Å². The monoisotopic (exact) mass is 412 g/mol. The zero-order valence-electron chi connectivity index (χ0n) is 15.8. The minimum Gasteiger partial charge on any atom is -0.550 e. The predicted molar refractivity (Wildman–Crippen MR) is 110 cm³/mol. The van der Waals surface area contributed by atoms with E-state index in [0.717, 1.165) is 11.8 Å². The fraction of sp³-hybridized carbons (Fsp3) is 0.200. The normalized spacial score (nSPS) is 17.9. The fourth-order valence-corrected chi connectivity index (χ4v) is 3.77. The number of anilines is 1. The number of carboxylic acids is 1. The van der Waals surface area contributed by atoms with Gasteiger partial charge in [0.05, 0.1) is 31.4 Å². The lowest BCUT2D eigenvalue weighted by molar-refractivity contribution is -0.305. The lowest BCUT2D eigenvalue weighted by Gasteiger charge is -2.15. The molecule has 0 saturated carbocycles. The number of hydrogen-bond donors (Lipinski definition) is 0. The van der Waals surface area contributed by atoms with Crippen molar-refractivity contribution in [2.24, 2.45) is 10.2 Å². The molecule has 0 unspecified atom stereocenters. The Kier molecular flexibility index (Phi) is 6.50. The first-order chi connectivity index (χ1) is 14.0. The molecule has 0 bridgehead atoms. The maximum atomic E-state index is 12.7. The molecule has 2 aromatic rings. The van der Waals surface area contributed by atoms with Crippen LogP contribution in [0.4, 0.5) is 5.69 Å². The van der Waals surface area contributed by atoms with Crippen molar-refractivity contribution >= 4 is 40.7 Å². The molecule has 1 aliphatic heterocycles. The summed E-state index contributed by atoms with van der Waals surface area (Å²) in [4.78, 5) is 25.0. The number of carbonyl (C=O) groups is 2. The van der Waals surface area contributed by atoms with Crippen molar-refractivity contribution in [3.63, 3.8) is 0 Å². The van der Waals surface area contributed by atoms with Gasteiger partial charge in [-0.2, -0.15) is 5.10 Å². The Morgan fingerprint density at radius 2 is 1.97 bits per heavy atom. The number of methoxy groups -OCH3 is 2. The summed E-state index contributed by atoms with van der Waals surface area (Å²) in [6.07, 6.45) is 1.09. The average Bonchev–Trinajstić information content (AvgIpc) is 3.03. The second-order valence-electron chi connectivity index (χ2n) is 5.93. The van der Waals surface area contributed by atoms with Gasteiger partial charge in [-0.25, -0.2) is 0 Å². The molecule has 0 spiro atoms. The number of nitrogens with zero attached hydrogens (tertiary/aromatic N) is 3. The van der Waals surface area contributed by atoms with Gasteiger partial charge in [0.1, 0.15) is 11.5 Å². The Bertz CT molecular complexity index is 962. The molecule has 0 aromatic heterocycles. The number of benzene rings is 2. The second-order valence-corrected chi connectivity index (χ2v) is 7.10. The molecular weight excluding hydrogens is 394 g/mol. The van der Waals surface area contributed by atoms with E-state index >= 15 is 0 Å². The van der Waals surface area contributed by atoms with Crippen molar-refractivity contribution in [1.29, 1.82) is 0 Å². The zero-order valence-corrected chi connectivity index (χ0v) is 16.6. The highest BCUT2D eigenvalue weighted by atomic mass is 32.2. The third-order valence-corrected chi connectivity index (χ3v) is 5.21. The molecular formula is C20H18N3O5S-. The van der Waals surface area contributed by atoms with Crippen LogP contribution in [0.1, 0.15) is 12.0 Å². The fourth-order valence-electron chi connectivity index (χ4n) is 2.70. The van der Waals surface area contributed by atoms with E-state index in [2.05, 4.69) is 10.2 Å². The third-order valence-electron chi connectivity index (χ3n) is 4.08. The highest BCUT2D eigenvalue weighted by molar-refractivity contribution is 8.16. The molecule has 2 aromatic carbocycles. The number of hydrogen-bond acceptors (Lipinski definition) is 8. The summed E-state index contributed by atoms with van der Waals surface area (Å²) in [5.41, 5.74) is 1.26. The molecule has 1 fully saturated rings. The van der Waals surface area contributed by atoms with Crippen LogP contribution >= 0.6 is 11.8 Å². The number of amides is 1. The Morgan fingerprint density at radius 3 is 2.62 bits per heavy atom. The molecule has 3 rings (SSSR count). The van der Waals surface area contributed by atoms with Gasteiger partial charge >= 0.3 is 0 Å². The molecule has 8 nitrogen and oxygen atoms in total. The maximum Gasteiger partial charge on any atom is 0.247 e. The van der Waals surface area contributed by atoms with Gasteiger partial charge in [0.2, 0.25) is 5.91 Å². The number of thioether (sulfide) groups is 1. The van der Waals surface area contributed by atoms with Crippen molar-refractivity contribution < 1.29 is 24.2 Å².